The van der Waals surface area contributed by atoms with Gasteiger partial charge in [-0.25, -0.2) is 0 Å². The number of anilines is 2. The summed E-state index contributed by atoms with van der Waals surface area (Å²) in [7, 11) is 0. The van der Waals surface area contributed by atoms with Crippen molar-refractivity contribution in [2.75, 3.05) is 24.2 Å². The zero-order valence-electron chi connectivity index (χ0n) is 18.2. The molecule has 0 saturated carbocycles. The molecule has 0 unspecified atom stereocenters. The number of nitrogens with one attached hydrogen (secondary N) is 2. The lowest BCUT2D eigenvalue weighted by Crippen LogP contribution is -2.27. The first-order valence-corrected chi connectivity index (χ1v) is 10.5. The van der Waals surface area contributed by atoms with Crippen LogP contribution in [0.15, 0.2) is 77.2 Å². The van der Waals surface area contributed by atoms with Crippen molar-refractivity contribution >= 4 is 34.2 Å². The number of para-hydroxylation sites is 3. The number of carbonyl (C=O) groups excluding carboxylic acids is 2. The molecule has 4 N–H and O–H groups in total. The van der Waals surface area contributed by atoms with E-state index in [1.807, 2.05) is 0 Å². The summed E-state index contributed by atoms with van der Waals surface area (Å²) in [5.74, 6) is -0.758. The highest BCUT2D eigenvalue weighted by Crippen LogP contribution is 2.36. The number of halogens is 3. The maximum atomic E-state index is 13.1. The predicted octanol–water partition coefficient (Wildman–Crippen LogP) is 5.09. The van der Waals surface area contributed by atoms with E-state index in [9.17, 15) is 22.8 Å². The quantitative estimate of drug-likeness (QED) is 0.251. The van der Waals surface area contributed by atoms with Crippen LogP contribution in [0.1, 0.15) is 26.5 Å². The van der Waals surface area contributed by atoms with Gasteiger partial charge in [-0.2, -0.15) is 13.2 Å². The molecule has 4 rings (SSSR count). The van der Waals surface area contributed by atoms with E-state index < -0.39 is 17.6 Å². The van der Waals surface area contributed by atoms with Crippen LogP contribution in [0.2, 0.25) is 0 Å². The number of hydrogen-bond donors (Lipinski definition) is 3. The number of furan rings is 1. The maximum absolute atomic E-state index is 13.1. The van der Waals surface area contributed by atoms with Crippen LogP contribution in [0.5, 0.6) is 5.75 Å². The van der Waals surface area contributed by atoms with Crippen molar-refractivity contribution in [2.24, 2.45) is 0 Å². The van der Waals surface area contributed by atoms with Gasteiger partial charge in [0, 0.05) is 10.9 Å². The normalized spacial score (nSPS) is 11.3. The molecule has 1 heterocycles. The number of nitrogen functional groups attached to an aromatic ring is 1. The minimum absolute atomic E-state index is 0.0809. The molecule has 0 aliphatic rings. The van der Waals surface area contributed by atoms with Gasteiger partial charge in [-0.15, -0.1) is 0 Å². The number of amides is 2. The van der Waals surface area contributed by atoms with Gasteiger partial charge in [0.15, 0.2) is 5.76 Å². The number of hydrogen-bond acceptors (Lipinski definition) is 5. The Morgan fingerprint density at radius 1 is 0.943 bits per heavy atom. The fraction of sp³-hybridized carbons (Fsp3) is 0.120. The van der Waals surface area contributed by atoms with E-state index in [2.05, 4.69) is 10.6 Å². The van der Waals surface area contributed by atoms with Crippen LogP contribution >= 0.6 is 0 Å². The summed E-state index contributed by atoms with van der Waals surface area (Å²) in [5, 5.41) is 5.44. The average Bonchev–Trinajstić information content (AvgIpc) is 3.27. The Balaban J connectivity index is 1.28. The van der Waals surface area contributed by atoms with Gasteiger partial charge in [0.25, 0.3) is 11.8 Å². The average molecular weight is 483 g/mol. The second-order valence-corrected chi connectivity index (χ2v) is 7.50. The van der Waals surface area contributed by atoms with Crippen molar-refractivity contribution in [3.63, 3.8) is 0 Å². The van der Waals surface area contributed by atoms with E-state index >= 15 is 0 Å². The lowest BCUT2D eigenvalue weighted by Gasteiger charge is -2.09. The van der Waals surface area contributed by atoms with Gasteiger partial charge >= 0.3 is 6.18 Å². The highest BCUT2D eigenvalue weighted by atomic mass is 19.4. The molecule has 7 nitrogen and oxygen atoms in total. The third-order valence-electron chi connectivity index (χ3n) is 5.06. The summed E-state index contributed by atoms with van der Waals surface area (Å²) >= 11 is 0. The molecule has 0 aliphatic heterocycles. The lowest BCUT2D eigenvalue weighted by molar-refractivity contribution is -0.136. The van der Waals surface area contributed by atoms with Gasteiger partial charge in [-0.05, 0) is 48.5 Å². The van der Waals surface area contributed by atoms with Crippen LogP contribution in [-0.2, 0) is 6.18 Å². The van der Waals surface area contributed by atoms with Crippen molar-refractivity contribution in [1.29, 1.82) is 0 Å². The molecule has 2 amide bonds. The maximum Gasteiger partial charge on any atom is 0.420 e. The standard InChI is InChI=1S/C25H20F3N3O4/c26-25(27,28)18-5-3-4-16-14-21(35-22(16)18)24(33)30-12-13-34-17-10-8-15(9-11-17)23(32)31-20-7-2-1-6-19(20)29/h1-11,14H,12-13,29H2,(H,30,33)(H,31,32). The monoisotopic (exact) mass is 483 g/mol. The fourth-order valence-corrected chi connectivity index (χ4v) is 3.33. The molecule has 0 spiro atoms. The van der Waals surface area contributed by atoms with Gasteiger partial charge < -0.3 is 25.5 Å². The SMILES string of the molecule is Nc1ccccc1NC(=O)c1ccc(OCCNC(=O)c2cc3cccc(C(F)(F)F)c3o2)cc1. The molecule has 1 aromatic heterocycles. The Kier molecular flexibility index (Phi) is 6.63. The third-order valence-corrected chi connectivity index (χ3v) is 5.06. The molecule has 0 aliphatic carbocycles. The van der Waals surface area contributed by atoms with Crippen LogP contribution in [0.4, 0.5) is 24.5 Å². The first-order valence-electron chi connectivity index (χ1n) is 10.5. The summed E-state index contributed by atoms with van der Waals surface area (Å²) in [6.07, 6.45) is -4.59. The first-order chi connectivity index (χ1) is 16.7. The first kappa shape index (κ1) is 23.7. The topological polar surface area (TPSA) is 107 Å². The van der Waals surface area contributed by atoms with Crippen molar-refractivity contribution < 1.29 is 31.9 Å². The van der Waals surface area contributed by atoms with Gasteiger partial charge in [0.2, 0.25) is 0 Å². The number of nitrogens with two attached hydrogens (primary N) is 1. The lowest BCUT2D eigenvalue weighted by atomic mass is 10.1. The van der Waals surface area contributed by atoms with E-state index in [1.54, 1.807) is 48.5 Å². The number of alkyl halides is 3. The molecule has 0 fully saturated rings. The largest absolute Gasteiger partial charge is 0.492 e. The molecule has 0 saturated heterocycles. The van der Waals surface area contributed by atoms with Gasteiger partial charge in [0.05, 0.1) is 23.5 Å². The third kappa shape index (κ3) is 5.55. The number of rotatable bonds is 7. The Morgan fingerprint density at radius 2 is 1.69 bits per heavy atom. The zero-order valence-corrected chi connectivity index (χ0v) is 18.2. The number of ether oxygens (including phenoxy) is 1. The van der Waals surface area contributed by atoms with E-state index in [0.29, 0.717) is 22.7 Å². The fourth-order valence-electron chi connectivity index (χ4n) is 3.33. The highest BCUT2D eigenvalue weighted by Gasteiger charge is 2.34. The van der Waals surface area contributed by atoms with Crippen molar-refractivity contribution in [1.82, 2.24) is 5.32 Å². The van der Waals surface area contributed by atoms with Crippen LogP contribution in [-0.4, -0.2) is 25.0 Å². The molecule has 0 bridgehead atoms. The van der Waals surface area contributed by atoms with Crippen molar-refractivity contribution in [3.8, 4) is 5.75 Å². The minimum Gasteiger partial charge on any atom is -0.492 e. The van der Waals surface area contributed by atoms with Gasteiger partial charge in [-0.3, -0.25) is 9.59 Å². The van der Waals surface area contributed by atoms with E-state index in [1.165, 1.54) is 18.2 Å². The number of benzene rings is 3. The summed E-state index contributed by atoms with van der Waals surface area (Å²) in [4.78, 5) is 24.6. The molecule has 3 aromatic carbocycles. The molecular weight excluding hydrogens is 463 g/mol. The molecule has 0 radical (unpaired) electrons. The molecular formula is C25H20F3N3O4. The smallest absolute Gasteiger partial charge is 0.420 e. The Labute approximate surface area is 197 Å². The van der Waals surface area contributed by atoms with Crippen LogP contribution < -0.4 is 21.1 Å². The molecule has 0 atom stereocenters. The van der Waals surface area contributed by atoms with E-state index in [4.69, 9.17) is 14.9 Å². The highest BCUT2D eigenvalue weighted by molar-refractivity contribution is 6.05. The molecule has 180 valence electrons. The van der Waals surface area contributed by atoms with Crippen molar-refractivity contribution in [3.05, 3.63) is 89.7 Å². The Bertz CT molecular complexity index is 1360. The summed E-state index contributed by atoms with van der Waals surface area (Å²) in [5.41, 5.74) is 5.85. The van der Waals surface area contributed by atoms with Crippen LogP contribution in [0, 0.1) is 0 Å². The van der Waals surface area contributed by atoms with Crippen LogP contribution in [0.3, 0.4) is 0 Å². The van der Waals surface area contributed by atoms with E-state index in [0.717, 1.165) is 6.07 Å². The Morgan fingerprint density at radius 3 is 2.40 bits per heavy atom. The van der Waals surface area contributed by atoms with Crippen molar-refractivity contribution in [2.45, 2.75) is 6.18 Å². The Hall–Kier alpha value is -4.47. The summed E-state index contributed by atoms with van der Waals surface area (Å²) in [6, 6.07) is 18.1. The second-order valence-electron chi connectivity index (χ2n) is 7.50. The number of fused-ring (bicyclic) bond motifs is 1. The number of carbonyl (C=O) groups is 2. The molecule has 4 aromatic rings. The predicted molar refractivity (Wildman–Crippen MR) is 124 cm³/mol. The minimum atomic E-state index is -4.59. The summed E-state index contributed by atoms with van der Waals surface area (Å²) in [6.45, 7) is 0.170. The van der Waals surface area contributed by atoms with Gasteiger partial charge in [-0.1, -0.05) is 24.3 Å². The molecule has 35 heavy (non-hydrogen) atoms. The second kappa shape index (κ2) is 9.80. The summed E-state index contributed by atoms with van der Waals surface area (Å²) < 4.78 is 50.1. The van der Waals surface area contributed by atoms with Crippen LogP contribution in [0.25, 0.3) is 11.0 Å². The van der Waals surface area contributed by atoms with E-state index in [-0.39, 0.29) is 35.8 Å². The zero-order chi connectivity index (χ0) is 25.0. The molecule has 10 heteroatoms. The van der Waals surface area contributed by atoms with Gasteiger partial charge in [0.1, 0.15) is 17.9 Å².